The van der Waals surface area contributed by atoms with E-state index in [1.54, 1.807) is 0 Å². The predicted octanol–water partition coefficient (Wildman–Crippen LogP) is 2.04. The smallest absolute Gasteiger partial charge is 0.435 e. The van der Waals surface area contributed by atoms with Crippen molar-refractivity contribution in [2.24, 2.45) is 0 Å². The molecule has 1 aliphatic rings. The van der Waals surface area contributed by atoms with Crippen LogP contribution in [0.4, 0.5) is 13.2 Å². The highest BCUT2D eigenvalue weighted by atomic mass is 19.4. The molecule has 0 fully saturated rings. The predicted molar refractivity (Wildman–Crippen MR) is 51.6 cm³/mol. The Hall–Kier alpha value is -1.53. The van der Waals surface area contributed by atoms with Gasteiger partial charge in [0.15, 0.2) is 5.69 Å². The summed E-state index contributed by atoms with van der Waals surface area (Å²) in [4.78, 5) is 10.8. The second kappa shape index (κ2) is 3.75. The van der Waals surface area contributed by atoms with E-state index in [-0.39, 0.29) is 5.56 Å². The second-order valence-electron chi connectivity index (χ2n) is 4.08. The lowest BCUT2D eigenvalue weighted by Gasteiger charge is -2.10. The zero-order valence-electron chi connectivity index (χ0n) is 9.08. The number of rotatable bonds is 2. The Morgan fingerprint density at radius 3 is 2.65 bits per heavy atom. The number of aromatic nitrogens is 2. The van der Waals surface area contributed by atoms with Gasteiger partial charge < -0.3 is 5.11 Å². The number of hydrogen-bond acceptors (Lipinski definition) is 2. The molecule has 1 heterocycles. The molecule has 94 valence electrons. The number of carboxylic acid groups (broad SMARTS) is 1. The number of carboxylic acids is 1. The number of fused-ring (bicyclic) bond motifs is 1. The number of carbonyl (C=O) groups is 1. The monoisotopic (exact) mass is 248 g/mol. The normalized spacial score (nSPS) is 16.9. The van der Waals surface area contributed by atoms with Crippen LogP contribution >= 0.6 is 0 Å². The molecule has 1 atom stereocenters. The molecular weight excluding hydrogens is 237 g/mol. The lowest BCUT2D eigenvalue weighted by Crippen LogP contribution is -2.19. The van der Waals surface area contributed by atoms with Crippen LogP contribution in [-0.4, -0.2) is 20.9 Å². The van der Waals surface area contributed by atoms with Crippen molar-refractivity contribution in [1.82, 2.24) is 9.78 Å². The van der Waals surface area contributed by atoms with Gasteiger partial charge in [0.25, 0.3) is 0 Å². The van der Waals surface area contributed by atoms with E-state index in [1.807, 2.05) is 0 Å². The van der Waals surface area contributed by atoms with E-state index in [4.69, 9.17) is 5.11 Å². The van der Waals surface area contributed by atoms with Crippen LogP contribution in [0, 0.1) is 0 Å². The third-order valence-corrected chi connectivity index (χ3v) is 2.95. The summed E-state index contributed by atoms with van der Waals surface area (Å²) in [6.07, 6.45) is -3.13. The van der Waals surface area contributed by atoms with E-state index in [0.29, 0.717) is 25.0 Å². The average molecular weight is 248 g/mol. The van der Waals surface area contributed by atoms with Gasteiger partial charge in [0, 0.05) is 11.3 Å². The van der Waals surface area contributed by atoms with Crippen molar-refractivity contribution in [1.29, 1.82) is 0 Å². The van der Waals surface area contributed by atoms with Crippen LogP contribution in [0.2, 0.25) is 0 Å². The van der Waals surface area contributed by atoms with Crippen LogP contribution in [0.3, 0.4) is 0 Å². The van der Waals surface area contributed by atoms with Crippen molar-refractivity contribution in [3.8, 4) is 0 Å². The molecule has 0 aliphatic heterocycles. The third kappa shape index (κ3) is 1.89. The zero-order chi connectivity index (χ0) is 12.8. The summed E-state index contributed by atoms with van der Waals surface area (Å²) in [5.74, 6) is -1.18. The molecule has 1 aliphatic carbocycles. The molecule has 0 spiro atoms. The molecule has 1 N–H and O–H groups in total. The molecule has 0 saturated heterocycles. The number of halogens is 3. The number of hydrogen-bond donors (Lipinski definition) is 1. The zero-order valence-corrected chi connectivity index (χ0v) is 9.08. The molecule has 1 aromatic heterocycles. The van der Waals surface area contributed by atoms with Crippen LogP contribution in [-0.2, 0) is 23.8 Å². The van der Waals surface area contributed by atoms with Gasteiger partial charge in [-0.05, 0) is 26.2 Å². The van der Waals surface area contributed by atoms with Crippen LogP contribution in [0.25, 0.3) is 0 Å². The molecule has 0 amide bonds. The highest BCUT2D eigenvalue weighted by Crippen LogP contribution is 2.37. The fraction of sp³-hybridized carbons (Fsp3) is 0.600. The van der Waals surface area contributed by atoms with Gasteiger partial charge in [-0.25, -0.2) is 4.79 Å². The highest BCUT2D eigenvalue weighted by Gasteiger charge is 2.41. The van der Waals surface area contributed by atoms with Crippen molar-refractivity contribution in [2.75, 3.05) is 0 Å². The minimum atomic E-state index is -4.52. The van der Waals surface area contributed by atoms with Gasteiger partial charge in [-0.1, -0.05) is 0 Å². The van der Waals surface area contributed by atoms with Crippen LogP contribution < -0.4 is 0 Å². The Labute approximate surface area is 95.0 Å². The van der Waals surface area contributed by atoms with E-state index in [1.165, 1.54) is 6.92 Å². The first-order chi connectivity index (χ1) is 7.82. The van der Waals surface area contributed by atoms with Crippen LogP contribution in [0.15, 0.2) is 0 Å². The molecule has 0 unspecified atom stereocenters. The first-order valence-corrected chi connectivity index (χ1v) is 5.22. The van der Waals surface area contributed by atoms with Gasteiger partial charge in [-0.15, -0.1) is 0 Å². The minimum absolute atomic E-state index is 0.158. The quantitative estimate of drug-likeness (QED) is 0.871. The van der Waals surface area contributed by atoms with E-state index in [2.05, 4.69) is 5.10 Å². The van der Waals surface area contributed by atoms with E-state index in [9.17, 15) is 18.0 Å². The maximum absolute atomic E-state index is 12.7. The lowest BCUT2D eigenvalue weighted by molar-refractivity contribution is -0.144. The van der Waals surface area contributed by atoms with Gasteiger partial charge in [0.2, 0.25) is 0 Å². The van der Waals surface area contributed by atoms with E-state index in [0.717, 1.165) is 4.68 Å². The topological polar surface area (TPSA) is 55.1 Å². The van der Waals surface area contributed by atoms with Crippen molar-refractivity contribution >= 4 is 5.97 Å². The molecular formula is C10H11F3N2O2. The Balaban J connectivity index is 2.53. The fourth-order valence-electron chi connectivity index (χ4n) is 2.12. The average Bonchev–Trinajstić information content (AvgIpc) is 2.73. The van der Waals surface area contributed by atoms with Crippen molar-refractivity contribution in [3.63, 3.8) is 0 Å². The summed E-state index contributed by atoms with van der Waals surface area (Å²) >= 11 is 0. The number of alkyl halides is 3. The first-order valence-electron chi connectivity index (χ1n) is 5.22. The molecule has 0 radical (unpaired) electrons. The largest absolute Gasteiger partial charge is 0.480 e. The maximum atomic E-state index is 12.7. The molecule has 4 nitrogen and oxygen atoms in total. The molecule has 0 saturated carbocycles. The molecule has 1 aromatic rings. The molecule has 2 rings (SSSR count). The molecule has 0 aromatic carbocycles. The maximum Gasteiger partial charge on any atom is 0.435 e. The Morgan fingerprint density at radius 2 is 2.12 bits per heavy atom. The SMILES string of the molecule is C[C@@H](C(=O)O)n1nc(C(F)(F)F)c2c1CCC2. The third-order valence-electron chi connectivity index (χ3n) is 2.95. The van der Waals surface area contributed by atoms with Gasteiger partial charge in [0.05, 0.1) is 0 Å². The highest BCUT2D eigenvalue weighted by molar-refractivity contribution is 5.71. The molecule has 17 heavy (non-hydrogen) atoms. The number of nitrogens with zero attached hydrogens (tertiary/aromatic N) is 2. The fourth-order valence-corrected chi connectivity index (χ4v) is 2.12. The van der Waals surface area contributed by atoms with Crippen molar-refractivity contribution in [3.05, 3.63) is 17.0 Å². The first kappa shape index (κ1) is 11.9. The van der Waals surface area contributed by atoms with E-state index < -0.39 is 23.9 Å². The van der Waals surface area contributed by atoms with Gasteiger partial charge >= 0.3 is 12.1 Å². The summed E-state index contributed by atoms with van der Waals surface area (Å²) in [6.45, 7) is 1.33. The van der Waals surface area contributed by atoms with E-state index >= 15 is 0 Å². The Bertz CT molecular complexity index is 465. The summed E-state index contributed by atoms with van der Waals surface area (Å²) in [6, 6.07) is -1.07. The second-order valence-corrected chi connectivity index (χ2v) is 4.08. The Kier molecular flexibility index (Phi) is 2.63. The van der Waals surface area contributed by atoms with Gasteiger partial charge in [-0.2, -0.15) is 18.3 Å². The number of aliphatic carboxylic acids is 1. The standard InChI is InChI=1S/C10H11F3N2O2/c1-5(9(16)17)15-7-4-2-3-6(7)8(14-15)10(11,12)13/h5H,2-4H2,1H3,(H,16,17)/t5-/m0/s1. The lowest BCUT2D eigenvalue weighted by atomic mass is 10.2. The van der Waals surface area contributed by atoms with Crippen LogP contribution in [0.5, 0.6) is 0 Å². The van der Waals surface area contributed by atoms with Crippen molar-refractivity contribution in [2.45, 2.75) is 38.4 Å². The van der Waals surface area contributed by atoms with Gasteiger partial charge in [0.1, 0.15) is 6.04 Å². The summed E-state index contributed by atoms with van der Waals surface area (Å²) in [7, 11) is 0. The molecule has 0 bridgehead atoms. The minimum Gasteiger partial charge on any atom is -0.480 e. The summed E-state index contributed by atoms with van der Waals surface area (Å²) in [5, 5.41) is 12.3. The Morgan fingerprint density at radius 1 is 1.47 bits per heavy atom. The van der Waals surface area contributed by atoms with Gasteiger partial charge in [-0.3, -0.25) is 4.68 Å². The molecule has 7 heteroatoms. The summed E-state index contributed by atoms with van der Waals surface area (Å²) in [5.41, 5.74) is -0.365. The van der Waals surface area contributed by atoms with Crippen LogP contribution in [0.1, 0.15) is 36.3 Å². The van der Waals surface area contributed by atoms with Crippen molar-refractivity contribution < 1.29 is 23.1 Å². The summed E-state index contributed by atoms with van der Waals surface area (Å²) < 4.78 is 39.1.